The number of pyridine rings is 1. The van der Waals surface area contributed by atoms with Gasteiger partial charge in [0.1, 0.15) is 12.4 Å². The molecule has 112 valence electrons. The van der Waals surface area contributed by atoms with Crippen LogP contribution >= 0.6 is 11.6 Å². The maximum Gasteiger partial charge on any atom is 0.417 e. The number of halogens is 4. The van der Waals surface area contributed by atoms with E-state index in [2.05, 4.69) is 0 Å². The minimum atomic E-state index is -4.48. The molecule has 0 amide bonds. The van der Waals surface area contributed by atoms with Crippen molar-refractivity contribution in [3.8, 4) is 5.75 Å². The summed E-state index contributed by atoms with van der Waals surface area (Å²) in [4.78, 5) is 11.5. The second-order valence-corrected chi connectivity index (χ2v) is 4.69. The third-order valence-electron chi connectivity index (χ3n) is 2.73. The van der Waals surface area contributed by atoms with Crippen LogP contribution in [0, 0.1) is 0 Å². The van der Waals surface area contributed by atoms with Crippen LogP contribution in [0.4, 0.5) is 13.2 Å². The number of aromatic nitrogens is 1. The van der Waals surface area contributed by atoms with Crippen molar-refractivity contribution in [2.75, 3.05) is 6.61 Å². The van der Waals surface area contributed by atoms with Crippen LogP contribution in [0.2, 0.25) is 5.02 Å². The van der Waals surface area contributed by atoms with E-state index >= 15 is 0 Å². The van der Waals surface area contributed by atoms with Crippen LogP contribution in [0.3, 0.4) is 0 Å². The molecule has 0 fully saturated rings. The maximum absolute atomic E-state index is 12.6. The molecule has 0 N–H and O–H groups in total. The molecule has 0 bridgehead atoms. The van der Waals surface area contributed by atoms with Crippen LogP contribution < -0.4 is 10.3 Å². The number of ether oxygens (including phenoxy) is 1. The normalized spacial score (nSPS) is 11.4. The first-order chi connectivity index (χ1) is 9.86. The quantitative estimate of drug-likeness (QED) is 0.863. The average molecular weight is 318 g/mol. The average Bonchev–Trinajstić information content (AvgIpc) is 2.42. The van der Waals surface area contributed by atoms with Gasteiger partial charge in [0, 0.05) is 17.3 Å². The molecular weight excluding hydrogens is 307 g/mol. The summed E-state index contributed by atoms with van der Waals surface area (Å²) in [6, 6.07) is 8.19. The molecular formula is C14H11ClF3NO2. The first-order valence-corrected chi connectivity index (χ1v) is 6.40. The van der Waals surface area contributed by atoms with Gasteiger partial charge in [0.25, 0.3) is 5.56 Å². The zero-order valence-corrected chi connectivity index (χ0v) is 11.5. The summed E-state index contributed by atoms with van der Waals surface area (Å²) < 4.78 is 44.0. The summed E-state index contributed by atoms with van der Waals surface area (Å²) in [5.41, 5.74) is -1.38. The molecule has 0 unspecified atom stereocenters. The molecule has 7 heteroatoms. The standard InChI is InChI=1S/C14H11ClF3NO2/c15-11-2-4-12(5-3-11)21-8-7-19-9-10(14(16,17)18)1-6-13(19)20/h1-6,9H,7-8H2. The van der Waals surface area contributed by atoms with Crippen molar-refractivity contribution in [1.82, 2.24) is 4.57 Å². The Labute approximate surface area is 123 Å². The van der Waals surface area contributed by atoms with Gasteiger partial charge >= 0.3 is 6.18 Å². The summed E-state index contributed by atoms with van der Waals surface area (Å²) in [5.74, 6) is 0.527. The van der Waals surface area contributed by atoms with E-state index in [1.165, 1.54) is 0 Å². The lowest BCUT2D eigenvalue weighted by molar-refractivity contribution is -0.138. The lowest BCUT2D eigenvalue weighted by Gasteiger charge is -2.11. The monoisotopic (exact) mass is 317 g/mol. The third-order valence-corrected chi connectivity index (χ3v) is 2.98. The van der Waals surface area contributed by atoms with E-state index in [0.717, 1.165) is 22.9 Å². The molecule has 0 saturated heterocycles. The van der Waals surface area contributed by atoms with E-state index in [1.807, 2.05) is 0 Å². The van der Waals surface area contributed by atoms with Crippen molar-refractivity contribution < 1.29 is 17.9 Å². The number of benzene rings is 1. The molecule has 0 aliphatic heterocycles. The van der Waals surface area contributed by atoms with Crippen LogP contribution in [-0.2, 0) is 12.7 Å². The molecule has 0 saturated carbocycles. The molecule has 21 heavy (non-hydrogen) atoms. The van der Waals surface area contributed by atoms with Gasteiger partial charge in [-0.15, -0.1) is 0 Å². The Morgan fingerprint density at radius 2 is 1.76 bits per heavy atom. The zero-order chi connectivity index (χ0) is 15.5. The minimum Gasteiger partial charge on any atom is -0.492 e. The molecule has 0 aliphatic rings. The second kappa shape index (κ2) is 6.22. The highest BCUT2D eigenvalue weighted by Crippen LogP contribution is 2.28. The van der Waals surface area contributed by atoms with Gasteiger partial charge in [0.2, 0.25) is 0 Å². The Balaban J connectivity index is 2.03. The molecule has 2 aromatic rings. The van der Waals surface area contributed by atoms with Crippen molar-refractivity contribution in [1.29, 1.82) is 0 Å². The first kappa shape index (κ1) is 15.4. The highest BCUT2D eigenvalue weighted by Gasteiger charge is 2.30. The lowest BCUT2D eigenvalue weighted by Crippen LogP contribution is -2.24. The van der Waals surface area contributed by atoms with Gasteiger partial charge in [-0.25, -0.2) is 0 Å². The molecule has 2 rings (SSSR count). The van der Waals surface area contributed by atoms with Gasteiger partial charge in [-0.3, -0.25) is 4.79 Å². The van der Waals surface area contributed by atoms with Crippen LogP contribution in [0.1, 0.15) is 5.56 Å². The molecule has 0 spiro atoms. The number of hydrogen-bond acceptors (Lipinski definition) is 2. The van der Waals surface area contributed by atoms with Crippen molar-refractivity contribution in [3.63, 3.8) is 0 Å². The van der Waals surface area contributed by atoms with Gasteiger partial charge in [0.05, 0.1) is 12.1 Å². The van der Waals surface area contributed by atoms with Crippen molar-refractivity contribution >= 4 is 11.6 Å². The second-order valence-electron chi connectivity index (χ2n) is 4.25. The molecule has 1 aromatic carbocycles. The van der Waals surface area contributed by atoms with Gasteiger partial charge in [-0.1, -0.05) is 11.6 Å². The van der Waals surface area contributed by atoms with Crippen molar-refractivity contribution in [2.45, 2.75) is 12.7 Å². The van der Waals surface area contributed by atoms with E-state index < -0.39 is 17.3 Å². The summed E-state index contributed by atoms with van der Waals surface area (Å²) in [7, 11) is 0. The third kappa shape index (κ3) is 4.26. The van der Waals surface area contributed by atoms with Crippen molar-refractivity contribution in [2.24, 2.45) is 0 Å². The fourth-order valence-electron chi connectivity index (χ4n) is 1.67. The molecule has 0 aliphatic carbocycles. The van der Waals surface area contributed by atoms with E-state index in [0.29, 0.717) is 10.8 Å². The summed E-state index contributed by atoms with van der Waals surface area (Å²) in [5, 5.41) is 0.552. The Bertz CT molecular complexity index is 665. The number of nitrogens with zero attached hydrogens (tertiary/aromatic N) is 1. The maximum atomic E-state index is 12.6. The predicted molar refractivity (Wildman–Crippen MR) is 72.7 cm³/mol. The van der Waals surface area contributed by atoms with Crippen LogP contribution in [0.25, 0.3) is 0 Å². The molecule has 1 heterocycles. The highest BCUT2D eigenvalue weighted by atomic mass is 35.5. The zero-order valence-electron chi connectivity index (χ0n) is 10.7. The topological polar surface area (TPSA) is 31.2 Å². The molecule has 1 aromatic heterocycles. The van der Waals surface area contributed by atoms with Crippen LogP contribution in [-0.4, -0.2) is 11.2 Å². The van der Waals surface area contributed by atoms with Gasteiger partial charge in [-0.05, 0) is 30.3 Å². The van der Waals surface area contributed by atoms with Gasteiger partial charge in [0.15, 0.2) is 0 Å². The summed E-state index contributed by atoms with van der Waals surface area (Å²) >= 11 is 5.71. The van der Waals surface area contributed by atoms with Crippen LogP contribution in [0.5, 0.6) is 5.75 Å². The number of alkyl halides is 3. The Kier molecular flexibility index (Phi) is 4.57. The van der Waals surface area contributed by atoms with Gasteiger partial charge < -0.3 is 9.30 Å². The van der Waals surface area contributed by atoms with E-state index in [-0.39, 0.29) is 13.2 Å². The van der Waals surface area contributed by atoms with E-state index in [1.54, 1.807) is 24.3 Å². The van der Waals surface area contributed by atoms with E-state index in [4.69, 9.17) is 16.3 Å². The van der Waals surface area contributed by atoms with Crippen LogP contribution in [0.15, 0.2) is 47.4 Å². The van der Waals surface area contributed by atoms with E-state index in [9.17, 15) is 18.0 Å². The molecule has 3 nitrogen and oxygen atoms in total. The summed E-state index contributed by atoms with van der Waals surface area (Å²) in [6.07, 6.45) is -3.69. The molecule has 0 radical (unpaired) electrons. The fourth-order valence-corrected chi connectivity index (χ4v) is 1.79. The predicted octanol–water partition coefficient (Wildman–Crippen LogP) is 3.60. The van der Waals surface area contributed by atoms with Crippen molar-refractivity contribution in [3.05, 3.63) is 63.5 Å². The summed E-state index contributed by atoms with van der Waals surface area (Å²) in [6.45, 7) is 0.0915. The largest absolute Gasteiger partial charge is 0.492 e. The number of hydrogen-bond donors (Lipinski definition) is 0. The number of rotatable bonds is 4. The Hall–Kier alpha value is -1.95. The molecule has 0 atom stereocenters. The lowest BCUT2D eigenvalue weighted by atomic mass is 10.3. The Morgan fingerprint density at radius 1 is 1.10 bits per heavy atom. The highest BCUT2D eigenvalue weighted by molar-refractivity contribution is 6.30. The SMILES string of the molecule is O=c1ccc(C(F)(F)F)cn1CCOc1ccc(Cl)cc1. The smallest absolute Gasteiger partial charge is 0.417 e. The Morgan fingerprint density at radius 3 is 2.38 bits per heavy atom. The fraction of sp³-hybridized carbons (Fsp3) is 0.214. The first-order valence-electron chi connectivity index (χ1n) is 6.02. The van der Waals surface area contributed by atoms with Gasteiger partial charge in [-0.2, -0.15) is 13.2 Å². The minimum absolute atomic E-state index is 0.0192.